The van der Waals surface area contributed by atoms with Gasteiger partial charge in [-0.2, -0.15) is 5.26 Å². The van der Waals surface area contributed by atoms with Crippen LogP contribution in [0.5, 0.6) is 5.75 Å². The maximum absolute atomic E-state index is 9.31. The minimum Gasteiger partial charge on any atom is -0.487 e. The molecule has 0 spiro atoms. The Hall–Kier alpha value is -1.53. The minimum atomic E-state index is -0.679. The monoisotopic (exact) mass is 257 g/mol. The van der Waals surface area contributed by atoms with Crippen LogP contribution in [0.2, 0.25) is 0 Å². The molecule has 1 fully saturated rings. The fraction of sp³-hybridized carbons (Fsp3) is 0.562. The van der Waals surface area contributed by atoms with E-state index in [4.69, 9.17) is 9.47 Å². The van der Waals surface area contributed by atoms with Crippen LogP contribution < -0.4 is 4.74 Å². The Kier molecular flexibility index (Phi) is 2.62. The summed E-state index contributed by atoms with van der Waals surface area (Å²) in [4.78, 5) is 0. The number of hydrogen-bond donors (Lipinski definition) is 0. The lowest BCUT2D eigenvalue weighted by Gasteiger charge is -2.49. The van der Waals surface area contributed by atoms with Crippen molar-refractivity contribution in [3.05, 3.63) is 29.8 Å². The average Bonchev–Trinajstić information content (AvgIpc) is 2.38. The first-order valence-corrected chi connectivity index (χ1v) is 6.82. The molecule has 1 aromatic carbocycles. The number of nitrogens with zero attached hydrogens (tertiary/aromatic N) is 1. The zero-order valence-electron chi connectivity index (χ0n) is 11.6. The van der Waals surface area contributed by atoms with E-state index in [0.717, 1.165) is 24.2 Å². The molecule has 0 radical (unpaired) electrons. The van der Waals surface area contributed by atoms with Crippen LogP contribution in [0, 0.1) is 17.2 Å². The molecule has 0 amide bonds. The molecule has 2 aliphatic heterocycles. The van der Waals surface area contributed by atoms with E-state index in [0.29, 0.717) is 5.92 Å². The summed E-state index contributed by atoms with van der Waals surface area (Å²) >= 11 is 0. The van der Waals surface area contributed by atoms with Gasteiger partial charge >= 0.3 is 0 Å². The van der Waals surface area contributed by atoms with E-state index in [2.05, 4.69) is 19.9 Å². The molecule has 3 nitrogen and oxygen atoms in total. The summed E-state index contributed by atoms with van der Waals surface area (Å²) in [5.41, 5.74) is 0.144. The molecule has 1 aromatic rings. The van der Waals surface area contributed by atoms with Gasteiger partial charge in [-0.25, -0.2) is 0 Å². The maximum atomic E-state index is 9.31. The van der Waals surface area contributed by atoms with Crippen LogP contribution in [0.15, 0.2) is 24.3 Å². The van der Waals surface area contributed by atoms with Gasteiger partial charge < -0.3 is 9.47 Å². The topological polar surface area (TPSA) is 42.2 Å². The second-order valence-electron chi connectivity index (χ2n) is 6.27. The average molecular weight is 257 g/mol. The van der Waals surface area contributed by atoms with Crippen molar-refractivity contribution in [1.82, 2.24) is 0 Å². The zero-order chi connectivity index (χ0) is 13.7. The van der Waals surface area contributed by atoms with E-state index in [1.165, 1.54) is 0 Å². The molecular weight excluding hydrogens is 238 g/mol. The molecule has 3 atom stereocenters. The first-order chi connectivity index (χ1) is 8.95. The molecule has 3 rings (SSSR count). The maximum Gasteiger partial charge on any atom is 0.152 e. The summed E-state index contributed by atoms with van der Waals surface area (Å²) in [6.07, 6.45) is 1.67. The third-order valence-corrected chi connectivity index (χ3v) is 4.41. The van der Waals surface area contributed by atoms with Crippen molar-refractivity contribution >= 4 is 0 Å². The lowest BCUT2D eigenvalue weighted by Crippen LogP contribution is -2.50. The lowest BCUT2D eigenvalue weighted by atomic mass is 9.73. The molecule has 0 saturated carbocycles. The van der Waals surface area contributed by atoms with Gasteiger partial charge in [0.2, 0.25) is 0 Å². The molecule has 3 heteroatoms. The summed E-state index contributed by atoms with van der Waals surface area (Å²) < 4.78 is 12.3. The molecule has 0 aromatic heterocycles. The fourth-order valence-corrected chi connectivity index (χ4v) is 3.25. The standard InChI is InChI=1S/C16H19NO2/c1-15(2)12-8-9-16(3,10-17)19-14(12)11-6-4-5-7-13(11)18-15/h4-7,12,14H,8-9H2,1-3H3/t12-,14+,16+/m0/s1. The number of benzene rings is 1. The number of rotatable bonds is 0. The minimum absolute atomic E-state index is 0.0432. The van der Waals surface area contributed by atoms with Crippen LogP contribution in [0.25, 0.3) is 0 Å². The second-order valence-corrected chi connectivity index (χ2v) is 6.27. The van der Waals surface area contributed by atoms with Crippen LogP contribution in [-0.4, -0.2) is 11.2 Å². The number of ether oxygens (including phenoxy) is 2. The predicted octanol–water partition coefficient (Wildman–Crippen LogP) is 3.61. The molecular formula is C16H19NO2. The number of para-hydroxylation sites is 1. The van der Waals surface area contributed by atoms with Gasteiger partial charge in [0.05, 0.1) is 12.2 Å². The van der Waals surface area contributed by atoms with Gasteiger partial charge in [0.1, 0.15) is 11.4 Å². The van der Waals surface area contributed by atoms with Crippen molar-refractivity contribution in [1.29, 1.82) is 5.26 Å². The Balaban J connectivity index is 2.06. The Morgan fingerprint density at radius 1 is 1.26 bits per heavy atom. The van der Waals surface area contributed by atoms with Crippen molar-refractivity contribution < 1.29 is 9.47 Å². The highest BCUT2D eigenvalue weighted by atomic mass is 16.5. The van der Waals surface area contributed by atoms with E-state index in [1.54, 1.807) is 0 Å². The Morgan fingerprint density at radius 2 is 2.00 bits per heavy atom. The molecule has 0 bridgehead atoms. The van der Waals surface area contributed by atoms with Crippen LogP contribution in [-0.2, 0) is 4.74 Å². The molecule has 0 N–H and O–H groups in total. The van der Waals surface area contributed by atoms with Gasteiger partial charge in [0, 0.05) is 11.5 Å². The third-order valence-electron chi connectivity index (χ3n) is 4.41. The first-order valence-electron chi connectivity index (χ1n) is 6.82. The van der Waals surface area contributed by atoms with E-state index in [9.17, 15) is 5.26 Å². The molecule has 0 aliphatic carbocycles. The van der Waals surface area contributed by atoms with Gasteiger partial charge in [0.25, 0.3) is 0 Å². The van der Waals surface area contributed by atoms with Crippen molar-refractivity contribution in [3.8, 4) is 11.8 Å². The Morgan fingerprint density at radius 3 is 2.74 bits per heavy atom. The summed E-state index contributed by atoms with van der Waals surface area (Å²) in [5.74, 6) is 1.18. The third kappa shape index (κ3) is 1.91. The van der Waals surface area contributed by atoms with E-state index >= 15 is 0 Å². The SMILES string of the molecule is CC1(C)Oc2ccccc2[C@H]2O[C@@](C)(C#N)CC[C@@H]21. The number of nitriles is 1. The van der Waals surface area contributed by atoms with Gasteiger partial charge in [-0.05, 0) is 39.7 Å². The molecule has 19 heavy (non-hydrogen) atoms. The largest absolute Gasteiger partial charge is 0.487 e. The predicted molar refractivity (Wildman–Crippen MR) is 71.7 cm³/mol. The number of fused-ring (bicyclic) bond motifs is 3. The number of hydrogen-bond acceptors (Lipinski definition) is 3. The van der Waals surface area contributed by atoms with Crippen LogP contribution in [0.4, 0.5) is 0 Å². The summed E-state index contributed by atoms with van der Waals surface area (Å²) in [6, 6.07) is 10.3. The van der Waals surface area contributed by atoms with Gasteiger partial charge in [0.15, 0.2) is 5.60 Å². The van der Waals surface area contributed by atoms with Crippen molar-refractivity contribution in [2.75, 3.05) is 0 Å². The highest BCUT2D eigenvalue weighted by molar-refractivity contribution is 5.39. The molecule has 100 valence electrons. The van der Waals surface area contributed by atoms with E-state index < -0.39 is 5.60 Å². The quantitative estimate of drug-likeness (QED) is 0.713. The highest BCUT2D eigenvalue weighted by Crippen LogP contribution is 2.52. The Labute approximate surface area is 114 Å². The van der Waals surface area contributed by atoms with Crippen LogP contribution in [0.3, 0.4) is 0 Å². The van der Waals surface area contributed by atoms with Crippen molar-refractivity contribution in [2.45, 2.75) is 50.9 Å². The van der Waals surface area contributed by atoms with E-state index in [1.807, 2.05) is 31.2 Å². The van der Waals surface area contributed by atoms with Gasteiger partial charge in [-0.1, -0.05) is 18.2 Å². The highest BCUT2D eigenvalue weighted by Gasteiger charge is 2.50. The molecule has 2 heterocycles. The normalized spacial score (nSPS) is 35.5. The fourth-order valence-electron chi connectivity index (χ4n) is 3.25. The summed E-state index contributed by atoms with van der Waals surface area (Å²) in [6.45, 7) is 6.10. The summed E-state index contributed by atoms with van der Waals surface area (Å²) in [7, 11) is 0. The summed E-state index contributed by atoms with van der Waals surface area (Å²) in [5, 5.41) is 9.31. The van der Waals surface area contributed by atoms with Gasteiger partial charge in [-0.15, -0.1) is 0 Å². The molecule has 1 saturated heterocycles. The molecule has 0 unspecified atom stereocenters. The molecule has 2 aliphatic rings. The van der Waals surface area contributed by atoms with Crippen LogP contribution >= 0.6 is 0 Å². The van der Waals surface area contributed by atoms with Gasteiger partial charge in [-0.3, -0.25) is 0 Å². The zero-order valence-corrected chi connectivity index (χ0v) is 11.6. The van der Waals surface area contributed by atoms with Crippen molar-refractivity contribution in [3.63, 3.8) is 0 Å². The first kappa shape index (κ1) is 12.5. The second kappa shape index (κ2) is 3.98. The lowest BCUT2D eigenvalue weighted by molar-refractivity contribution is -0.169. The van der Waals surface area contributed by atoms with Crippen LogP contribution in [0.1, 0.15) is 45.3 Å². The van der Waals surface area contributed by atoms with Crippen molar-refractivity contribution in [2.24, 2.45) is 5.92 Å². The van der Waals surface area contributed by atoms with E-state index in [-0.39, 0.29) is 11.7 Å². The smallest absolute Gasteiger partial charge is 0.152 e. The Bertz CT molecular complexity index is 546.